The average molecular weight is 354 g/mol. The summed E-state index contributed by atoms with van der Waals surface area (Å²) < 4.78 is 7.21. The molecule has 2 aromatic heterocycles. The number of aryl methyl sites for hydroxylation is 1. The van der Waals surface area contributed by atoms with Gasteiger partial charge in [-0.15, -0.1) is 0 Å². The van der Waals surface area contributed by atoms with Gasteiger partial charge in [-0.25, -0.2) is 0 Å². The maximum absolute atomic E-state index is 11.8. The molecule has 2 N–H and O–H groups in total. The number of nitrogens with zero attached hydrogens (tertiary/aromatic N) is 2. The van der Waals surface area contributed by atoms with Gasteiger partial charge in [-0.2, -0.15) is 0 Å². The lowest BCUT2D eigenvalue weighted by atomic mass is 9.88. The first-order valence-electron chi connectivity index (χ1n) is 8.42. The minimum absolute atomic E-state index is 0.0230. The van der Waals surface area contributed by atoms with Crippen molar-refractivity contribution >= 4 is 5.70 Å². The Morgan fingerprint density at radius 3 is 2.77 bits per heavy atom. The van der Waals surface area contributed by atoms with E-state index in [4.69, 9.17) is 4.74 Å². The van der Waals surface area contributed by atoms with Crippen LogP contribution in [0.25, 0.3) is 5.70 Å². The van der Waals surface area contributed by atoms with Gasteiger partial charge in [0.05, 0.1) is 25.1 Å². The summed E-state index contributed by atoms with van der Waals surface area (Å²) in [5.74, 6) is 0.446. The molecule has 1 aliphatic carbocycles. The summed E-state index contributed by atoms with van der Waals surface area (Å²) in [6, 6.07) is 5.23. The van der Waals surface area contributed by atoms with Gasteiger partial charge in [0.1, 0.15) is 5.76 Å². The number of rotatable bonds is 4. The third kappa shape index (κ3) is 3.41. The fraction of sp³-hybridized carbons (Fsp3) is 0.300. The van der Waals surface area contributed by atoms with Gasteiger partial charge >= 0.3 is 0 Å². The molecule has 2 heterocycles. The molecule has 0 fully saturated rings. The maximum Gasteiger partial charge on any atom is 0.223 e. The van der Waals surface area contributed by atoms with Crippen molar-refractivity contribution in [3.8, 4) is 5.75 Å². The topological polar surface area (TPSA) is 84.6 Å². The molecular formula is C20H22N2O4. The third-order valence-corrected chi connectivity index (χ3v) is 4.55. The predicted molar refractivity (Wildman–Crippen MR) is 98.7 cm³/mol. The lowest BCUT2D eigenvalue weighted by molar-refractivity contribution is 0.191. The number of aromatic hydroxyl groups is 1. The fourth-order valence-electron chi connectivity index (χ4n) is 3.24. The highest BCUT2D eigenvalue weighted by Crippen LogP contribution is 2.37. The van der Waals surface area contributed by atoms with Crippen molar-refractivity contribution < 1.29 is 14.9 Å². The van der Waals surface area contributed by atoms with Crippen LogP contribution in [0.4, 0.5) is 0 Å². The van der Waals surface area contributed by atoms with Crippen LogP contribution in [-0.2, 0) is 4.74 Å². The van der Waals surface area contributed by atoms with Crippen LogP contribution in [0.2, 0.25) is 0 Å². The highest BCUT2D eigenvalue weighted by Gasteiger charge is 2.25. The molecule has 0 radical (unpaired) electrons. The van der Waals surface area contributed by atoms with Gasteiger partial charge < -0.3 is 19.5 Å². The molecule has 2 unspecified atom stereocenters. The van der Waals surface area contributed by atoms with Gasteiger partial charge in [0.25, 0.3) is 0 Å². The fourth-order valence-corrected chi connectivity index (χ4v) is 3.24. The number of aliphatic hydroxyl groups is 1. The number of methoxy groups -OCH3 is 1. The Labute approximate surface area is 151 Å². The molecule has 26 heavy (non-hydrogen) atoms. The second kappa shape index (κ2) is 7.17. The van der Waals surface area contributed by atoms with Gasteiger partial charge in [-0.3, -0.25) is 9.78 Å². The summed E-state index contributed by atoms with van der Waals surface area (Å²) in [5.41, 5.74) is 2.75. The number of ether oxygens (including phenoxy) is 1. The van der Waals surface area contributed by atoms with Crippen molar-refractivity contribution in [2.75, 3.05) is 7.11 Å². The van der Waals surface area contributed by atoms with Gasteiger partial charge in [-0.05, 0) is 43.7 Å². The smallest absolute Gasteiger partial charge is 0.223 e. The lowest BCUT2D eigenvalue weighted by Gasteiger charge is -2.27. The van der Waals surface area contributed by atoms with Crippen molar-refractivity contribution in [1.29, 1.82) is 0 Å². The maximum atomic E-state index is 11.8. The first-order valence-corrected chi connectivity index (χ1v) is 8.42. The van der Waals surface area contributed by atoms with Crippen molar-refractivity contribution in [2.45, 2.75) is 32.3 Å². The zero-order chi connectivity index (χ0) is 18.8. The summed E-state index contributed by atoms with van der Waals surface area (Å²) in [6.07, 6.45) is 6.61. The summed E-state index contributed by atoms with van der Waals surface area (Å²) in [4.78, 5) is 16.0. The Bertz CT molecular complexity index is 941. The van der Waals surface area contributed by atoms with Crippen LogP contribution >= 0.6 is 0 Å². The Kier molecular flexibility index (Phi) is 4.95. The van der Waals surface area contributed by atoms with E-state index in [-0.39, 0.29) is 11.7 Å². The molecule has 6 nitrogen and oxygen atoms in total. The highest BCUT2D eigenvalue weighted by molar-refractivity contribution is 5.56. The number of pyridine rings is 2. The number of aliphatic hydroxyl groups excluding tert-OH is 1. The Morgan fingerprint density at radius 1 is 1.35 bits per heavy atom. The van der Waals surface area contributed by atoms with E-state index in [9.17, 15) is 15.0 Å². The summed E-state index contributed by atoms with van der Waals surface area (Å²) >= 11 is 0. The van der Waals surface area contributed by atoms with Crippen LogP contribution in [0.3, 0.4) is 0 Å². The minimum Gasteiger partial charge on any atom is -0.503 e. The molecule has 3 rings (SSSR count). The average Bonchev–Trinajstić information content (AvgIpc) is 2.63. The molecule has 0 amide bonds. The summed E-state index contributed by atoms with van der Waals surface area (Å²) in [6.45, 7) is 3.52. The molecule has 0 saturated heterocycles. The van der Waals surface area contributed by atoms with E-state index < -0.39 is 11.5 Å². The molecule has 0 aromatic carbocycles. The zero-order valence-electron chi connectivity index (χ0n) is 15.0. The SMILES string of the molecule is COC1=CC=C(n2cc(O)c(=O)cc2C(C)O)CC1c1ccnc(C)c1. The first kappa shape index (κ1) is 17.9. The molecule has 136 valence electrons. The van der Waals surface area contributed by atoms with Gasteiger partial charge in [0, 0.05) is 36.0 Å². The Hall–Kier alpha value is -2.86. The van der Waals surface area contributed by atoms with Gasteiger partial charge in [0.15, 0.2) is 5.75 Å². The Balaban J connectivity index is 2.08. The number of allylic oxidation sites excluding steroid dienone is 4. The normalized spacial score (nSPS) is 18.1. The van der Waals surface area contributed by atoms with Crippen molar-refractivity contribution in [3.63, 3.8) is 0 Å². The zero-order valence-corrected chi connectivity index (χ0v) is 15.0. The molecule has 2 atom stereocenters. The van der Waals surface area contributed by atoms with E-state index in [1.807, 2.05) is 31.2 Å². The molecule has 0 bridgehead atoms. The largest absolute Gasteiger partial charge is 0.503 e. The van der Waals surface area contributed by atoms with Crippen LogP contribution in [-0.4, -0.2) is 26.9 Å². The van der Waals surface area contributed by atoms with E-state index in [0.717, 1.165) is 22.7 Å². The predicted octanol–water partition coefficient (Wildman–Crippen LogP) is 2.87. The summed E-state index contributed by atoms with van der Waals surface area (Å²) in [7, 11) is 1.64. The number of aromatic nitrogens is 2. The number of hydrogen-bond acceptors (Lipinski definition) is 5. The third-order valence-electron chi connectivity index (χ3n) is 4.55. The van der Waals surface area contributed by atoms with Crippen LogP contribution in [0.1, 0.15) is 42.3 Å². The second-order valence-electron chi connectivity index (χ2n) is 6.41. The summed E-state index contributed by atoms with van der Waals surface area (Å²) in [5, 5.41) is 19.9. The van der Waals surface area contributed by atoms with Crippen molar-refractivity contribution in [1.82, 2.24) is 9.55 Å². The molecular weight excluding hydrogens is 332 g/mol. The van der Waals surface area contributed by atoms with Crippen molar-refractivity contribution in [2.24, 2.45) is 0 Å². The van der Waals surface area contributed by atoms with Crippen LogP contribution < -0.4 is 5.43 Å². The molecule has 0 saturated carbocycles. The van der Waals surface area contributed by atoms with E-state index in [1.54, 1.807) is 24.8 Å². The van der Waals surface area contributed by atoms with Crippen LogP contribution in [0, 0.1) is 6.92 Å². The minimum atomic E-state index is -0.848. The van der Waals surface area contributed by atoms with E-state index >= 15 is 0 Å². The lowest BCUT2D eigenvalue weighted by Crippen LogP contribution is -2.17. The van der Waals surface area contributed by atoms with Crippen LogP contribution in [0.5, 0.6) is 5.75 Å². The number of hydrogen-bond donors (Lipinski definition) is 2. The highest BCUT2D eigenvalue weighted by atomic mass is 16.5. The first-order chi connectivity index (χ1) is 12.4. The quantitative estimate of drug-likeness (QED) is 0.882. The van der Waals surface area contributed by atoms with E-state index in [2.05, 4.69) is 4.98 Å². The van der Waals surface area contributed by atoms with Crippen molar-refractivity contribution in [3.05, 3.63) is 75.7 Å². The Morgan fingerprint density at radius 2 is 2.12 bits per heavy atom. The molecule has 0 spiro atoms. The molecule has 0 aliphatic heterocycles. The van der Waals surface area contributed by atoms with Gasteiger partial charge in [0.2, 0.25) is 5.43 Å². The molecule has 1 aliphatic rings. The van der Waals surface area contributed by atoms with E-state index in [1.165, 1.54) is 12.3 Å². The van der Waals surface area contributed by atoms with E-state index in [0.29, 0.717) is 12.1 Å². The molecule has 2 aromatic rings. The van der Waals surface area contributed by atoms with Gasteiger partial charge in [-0.1, -0.05) is 0 Å². The monoisotopic (exact) mass is 354 g/mol. The second-order valence-corrected chi connectivity index (χ2v) is 6.41. The standard InChI is InChI=1S/C20H22N2O4/c1-12-8-14(6-7-21-12)16-9-15(4-5-20(16)26-3)22-11-19(25)18(24)10-17(22)13(2)23/h4-8,10-11,13,16,23,25H,9H2,1-3H3. The van der Waals surface area contributed by atoms with Crippen LogP contribution in [0.15, 0.2) is 53.3 Å². The molecule has 6 heteroatoms.